The molecule has 0 saturated heterocycles. The summed E-state index contributed by atoms with van der Waals surface area (Å²) >= 11 is 0. The lowest BCUT2D eigenvalue weighted by Crippen LogP contribution is -2.33. The van der Waals surface area contributed by atoms with Crippen molar-refractivity contribution in [3.63, 3.8) is 0 Å². The Morgan fingerprint density at radius 3 is 2.77 bits per heavy atom. The summed E-state index contributed by atoms with van der Waals surface area (Å²) in [5.41, 5.74) is 2.11. The monoisotopic (exact) mass is 377 g/mol. The Hall–Kier alpha value is -2.06. The third-order valence-corrected chi connectivity index (χ3v) is 7.04. The molecule has 1 aliphatic carbocycles. The van der Waals surface area contributed by atoms with Crippen LogP contribution in [-0.4, -0.2) is 42.8 Å². The Kier molecular flexibility index (Phi) is 4.40. The van der Waals surface area contributed by atoms with Gasteiger partial charge in [0.15, 0.2) is 11.5 Å². The minimum Gasteiger partial charge on any atom is -0.490 e. The Bertz CT molecular complexity index is 923. The first-order valence-corrected chi connectivity index (χ1v) is 10.3. The van der Waals surface area contributed by atoms with Gasteiger partial charge in [0.1, 0.15) is 0 Å². The molecule has 0 radical (unpaired) electrons. The summed E-state index contributed by atoms with van der Waals surface area (Å²) in [4.78, 5) is 0.222. The fourth-order valence-corrected chi connectivity index (χ4v) is 5.08. The lowest BCUT2D eigenvalue weighted by molar-refractivity contribution is 0.296. The van der Waals surface area contributed by atoms with E-state index in [1.54, 1.807) is 31.4 Å². The van der Waals surface area contributed by atoms with Crippen LogP contribution in [0, 0.1) is 0 Å². The molecule has 140 valence electrons. The molecular weight excluding hydrogens is 354 g/mol. The average molecular weight is 377 g/mol. The Balaban J connectivity index is 1.68. The van der Waals surface area contributed by atoms with Gasteiger partial charge in [-0.15, -0.1) is 0 Å². The van der Waals surface area contributed by atoms with Crippen LogP contribution in [0.1, 0.15) is 36.6 Å². The molecule has 0 bridgehead atoms. The van der Waals surface area contributed by atoms with Crippen LogP contribution in [0.4, 0.5) is 0 Å². The second-order valence-electron chi connectivity index (χ2n) is 6.76. The number of hydrogen-bond acceptors (Lipinski definition) is 5. The van der Waals surface area contributed by atoms with Gasteiger partial charge >= 0.3 is 0 Å². The number of aryl methyl sites for hydroxylation is 1. The molecule has 4 rings (SSSR count). The zero-order valence-electron chi connectivity index (χ0n) is 15.0. The van der Waals surface area contributed by atoms with Crippen LogP contribution in [0.15, 0.2) is 29.3 Å². The summed E-state index contributed by atoms with van der Waals surface area (Å²) in [6.45, 7) is 1.10. The van der Waals surface area contributed by atoms with E-state index in [0.29, 0.717) is 24.7 Å². The number of rotatable bonds is 3. The standard InChI is InChI=1S/C18H23N3O4S/c1-20-15-5-3-6-16(14(15)12-19-20)21(2)26(22,23)13-7-8-17-18(11-13)25-10-4-9-24-17/h7-8,11-12,16H,3-6,9-10H2,1-2H3/t16-/m0/s1. The van der Waals surface area contributed by atoms with Crippen molar-refractivity contribution in [2.24, 2.45) is 7.05 Å². The van der Waals surface area contributed by atoms with E-state index in [4.69, 9.17) is 9.47 Å². The molecule has 0 N–H and O–H groups in total. The number of fused-ring (bicyclic) bond motifs is 2. The van der Waals surface area contributed by atoms with Crippen molar-refractivity contribution >= 4 is 10.0 Å². The van der Waals surface area contributed by atoms with E-state index in [1.165, 1.54) is 4.31 Å². The van der Waals surface area contributed by atoms with Crippen LogP contribution in [0.25, 0.3) is 0 Å². The predicted molar refractivity (Wildman–Crippen MR) is 95.9 cm³/mol. The second-order valence-corrected chi connectivity index (χ2v) is 8.76. The summed E-state index contributed by atoms with van der Waals surface area (Å²) in [6, 6.07) is 4.64. The molecule has 8 heteroatoms. The lowest BCUT2D eigenvalue weighted by atomic mass is 9.93. The van der Waals surface area contributed by atoms with E-state index in [-0.39, 0.29) is 10.9 Å². The first-order valence-electron chi connectivity index (χ1n) is 8.87. The molecule has 2 aromatic rings. The molecule has 0 saturated carbocycles. The molecule has 1 aliphatic heterocycles. The molecule has 0 fully saturated rings. The predicted octanol–water partition coefficient (Wildman–Crippen LogP) is 2.28. The zero-order valence-corrected chi connectivity index (χ0v) is 15.8. The van der Waals surface area contributed by atoms with Crippen molar-refractivity contribution < 1.29 is 17.9 Å². The van der Waals surface area contributed by atoms with Crippen LogP contribution in [0.5, 0.6) is 11.5 Å². The third-order valence-electron chi connectivity index (χ3n) is 5.18. The molecule has 2 aliphatic rings. The molecule has 0 unspecified atom stereocenters. The maximum atomic E-state index is 13.2. The van der Waals surface area contributed by atoms with Crippen LogP contribution < -0.4 is 9.47 Å². The van der Waals surface area contributed by atoms with E-state index < -0.39 is 10.0 Å². The molecule has 2 heterocycles. The summed E-state index contributed by atoms with van der Waals surface area (Å²) in [6.07, 6.45) is 5.24. The minimum absolute atomic E-state index is 0.201. The van der Waals surface area contributed by atoms with Gasteiger partial charge in [0.05, 0.1) is 30.3 Å². The van der Waals surface area contributed by atoms with Crippen LogP contribution >= 0.6 is 0 Å². The molecule has 1 aromatic heterocycles. The smallest absolute Gasteiger partial charge is 0.243 e. The van der Waals surface area contributed by atoms with Gasteiger partial charge in [-0.3, -0.25) is 4.68 Å². The fraction of sp³-hybridized carbons (Fsp3) is 0.500. The Morgan fingerprint density at radius 1 is 1.19 bits per heavy atom. The third kappa shape index (κ3) is 2.87. The number of benzene rings is 1. The van der Waals surface area contributed by atoms with Gasteiger partial charge in [0.25, 0.3) is 0 Å². The highest BCUT2D eigenvalue weighted by atomic mass is 32.2. The molecule has 7 nitrogen and oxygen atoms in total. The van der Waals surface area contributed by atoms with Gasteiger partial charge in [0.2, 0.25) is 10.0 Å². The summed E-state index contributed by atoms with van der Waals surface area (Å²) in [5.74, 6) is 1.08. The SMILES string of the molecule is CN([C@H]1CCCc2c1cnn2C)S(=O)(=O)c1ccc2c(c1)OCCCO2. The second kappa shape index (κ2) is 6.59. The largest absolute Gasteiger partial charge is 0.490 e. The number of sulfonamides is 1. The topological polar surface area (TPSA) is 73.7 Å². The van der Waals surface area contributed by atoms with Gasteiger partial charge in [-0.2, -0.15) is 9.40 Å². The van der Waals surface area contributed by atoms with Crippen molar-refractivity contribution in [1.29, 1.82) is 0 Å². The van der Waals surface area contributed by atoms with Crippen molar-refractivity contribution in [2.75, 3.05) is 20.3 Å². The first-order chi connectivity index (χ1) is 12.5. The van der Waals surface area contributed by atoms with Gasteiger partial charge in [-0.1, -0.05) is 0 Å². The minimum atomic E-state index is -3.66. The molecule has 1 atom stereocenters. The van der Waals surface area contributed by atoms with Crippen molar-refractivity contribution in [3.8, 4) is 11.5 Å². The average Bonchev–Trinajstić information content (AvgIpc) is 2.88. The van der Waals surface area contributed by atoms with Crippen molar-refractivity contribution in [1.82, 2.24) is 14.1 Å². The van der Waals surface area contributed by atoms with Gasteiger partial charge in [-0.25, -0.2) is 8.42 Å². The normalized spacial score (nSPS) is 19.9. The Morgan fingerprint density at radius 2 is 1.96 bits per heavy atom. The van der Waals surface area contributed by atoms with Gasteiger partial charge < -0.3 is 9.47 Å². The van der Waals surface area contributed by atoms with E-state index in [1.807, 2.05) is 11.7 Å². The fourth-order valence-electron chi connectivity index (χ4n) is 3.70. The molecule has 0 amide bonds. The highest BCUT2D eigenvalue weighted by Crippen LogP contribution is 2.38. The first kappa shape index (κ1) is 17.4. The van der Waals surface area contributed by atoms with E-state index in [2.05, 4.69) is 5.10 Å². The van der Waals surface area contributed by atoms with E-state index in [0.717, 1.165) is 36.9 Å². The van der Waals surface area contributed by atoms with Crippen molar-refractivity contribution in [3.05, 3.63) is 35.7 Å². The highest BCUT2D eigenvalue weighted by Gasteiger charge is 2.34. The van der Waals surface area contributed by atoms with Gasteiger partial charge in [-0.05, 0) is 31.4 Å². The summed E-state index contributed by atoms with van der Waals surface area (Å²) < 4.78 is 41.0. The van der Waals surface area contributed by atoms with Crippen LogP contribution in [0.3, 0.4) is 0 Å². The number of aromatic nitrogens is 2. The summed E-state index contributed by atoms with van der Waals surface area (Å²) in [5, 5.41) is 4.31. The molecule has 26 heavy (non-hydrogen) atoms. The Labute approximate surface area is 153 Å². The number of hydrogen-bond donors (Lipinski definition) is 0. The quantitative estimate of drug-likeness (QED) is 0.820. The lowest BCUT2D eigenvalue weighted by Gasteiger charge is -2.30. The van der Waals surface area contributed by atoms with Crippen LogP contribution in [-0.2, 0) is 23.5 Å². The zero-order chi connectivity index (χ0) is 18.3. The number of nitrogens with zero attached hydrogens (tertiary/aromatic N) is 3. The van der Waals surface area contributed by atoms with Crippen LogP contribution in [0.2, 0.25) is 0 Å². The number of ether oxygens (including phenoxy) is 2. The maximum absolute atomic E-state index is 13.2. The molecular formula is C18H23N3O4S. The van der Waals surface area contributed by atoms with E-state index >= 15 is 0 Å². The highest BCUT2D eigenvalue weighted by molar-refractivity contribution is 7.89. The summed E-state index contributed by atoms with van der Waals surface area (Å²) in [7, 11) is -0.110. The molecule has 0 spiro atoms. The molecule has 1 aromatic carbocycles. The van der Waals surface area contributed by atoms with Crippen molar-refractivity contribution in [2.45, 2.75) is 36.6 Å². The van der Waals surface area contributed by atoms with Gasteiger partial charge in [0, 0.05) is 37.8 Å². The van der Waals surface area contributed by atoms with E-state index in [9.17, 15) is 8.42 Å². The maximum Gasteiger partial charge on any atom is 0.243 e.